The second-order valence-corrected chi connectivity index (χ2v) is 11.6. The van der Waals surface area contributed by atoms with Crippen LogP contribution in [0, 0.1) is 25.2 Å². The molecule has 0 aliphatic rings. The molecule has 0 aromatic heterocycles. The number of nitriles is 1. The highest BCUT2D eigenvalue weighted by atomic mass is 32.2. The van der Waals surface area contributed by atoms with Gasteiger partial charge in [-0.3, -0.25) is 4.79 Å². The van der Waals surface area contributed by atoms with E-state index in [2.05, 4.69) is 0 Å². The van der Waals surface area contributed by atoms with E-state index < -0.39 is 23.0 Å². The minimum Gasteiger partial charge on any atom is -0.423 e. The third kappa shape index (κ3) is 8.94. The van der Waals surface area contributed by atoms with E-state index in [1.165, 1.54) is 30.3 Å². The van der Waals surface area contributed by atoms with Crippen molar-refractivity contribution < 1.29 is 33.4 Å². The lowest BCUT2D eigenvalue weighted by atomic mass is 10.1. The molecule has 0 fully saturated rings. The van der Waals surface area contributed by atoms with E-state index in [9.17, 15) is 24.4 Å². The van der Waals surface area contributed by atoms with Crippen LogP contribution in [0.25, 0.3) is 6.08 Å². The largest absolute Gasteiger partial charge is 0.423 e. The Morgan fingerprint density at radius 3 is 1.29 bits per heavy atom. The number of nitrogens with zero attached hydrogens (tertiary/aromatic N) is 1. The van der Waals surface area contributed by atoms with Gasteiger partial charge in [-0.2, -0.15) is 5.26 Å². The van der Waals surface area contributed by atoms with Crippen LogP contribution in [-0.4, -0.2) is 23.0 Å². The molecule has 0 saturated carbocycles. The van der Waals surface area contributed by atoms with Gasteiger partial charge >= 0.3 is 17.9 Å². The number of hydrogen-bond acceptors (Lipinski definition) is 9. The van der Waals surface area contributed by atoms with Crippen LogP contribution in [0.4, 0.5) is 0 Å². The summed E-state index contributed by atoms with van der Waals surface area (Å²) < 4.78 is 16.2. The number of esters is 3. The second-order valence-electron chi connectivity index (χ2n) is 10.5. The average molecular weight is 654 g/mol. The first-order chi connectivity index (χ1) is 23.2. The molecule has 8 nitrogen and oxygen atoms in total. The Kier molecular flexibility index (Phi) is 10.6. The molecular formula is C39H27NO7S. The molecule has 0 radical (unpaired) electrons. The molecule has 0 spiro atoms. The van der Waals surface area contributed by atoms with Crippen molar-refractivity contribution in [3.63, 3.8) is 0 Å². The van der Waals surface area contributed by atoms with Gasteiger partial charge in [0.2, 0.25) is 5.12 Å². The zero-order valence-electron chi connectivity index (χ0n) is 25.8. The Morgan fingerprint density at radius 2 is 0.896 bits per heavy atom. The number of thioether (sulfide) groups is 1. The highest BCUT2D eigenvalue weighted by Crippen LogP contribution is 2.26. The van der Waals surface area contributed by atoms with E-state index in [-0.39, 0.29) is 22.6 Å². The van der Waals surface area contributed by atoms with Crippen LogP contribution in [0.1, 0.15) is 47.8 Å². The van der Waals surface area contributed by atoms with Crippen LogP contribution in [0.2, 0.25) is 0 Å². The summed E-state index contributed by atoms with van der Waals surface area (Å²) in [5.74, 6) is -0.748. The van der Waals surface area contributed by atoms with Crippen LogP contribution in [0.5, 0.6) is 17.2 Å². The zero-order valence-corrected chi connectivity index (χ0v) is 26.7. The molecule has 9 heteroatoms. The summed E-state index contributed by atoms with van der Waals surface area (Å²) in [4.78, 5) is 50.8. The van der Waals surface area contributed by atoms with Crippen molar-refractivity contribution in [2.24, 2.45) is 0 Å². The smallest absolute Gasteiger partial charge is 0.343 e. The summed E-state index contributed by atoms with van der Waals surface area (Å²) in [7, 11) is 0. The van der Waals surface area contributed by atoms with Gasteiger partial charge in [0.15, 0.2) is 0 Å². The lowest BCUT2D eigenvalue weighted by Gasteiger charge is -2.07. The maximum atomic E-state index is 12.8. The van der Waals surface area contributed by atoms with Gasteiger partial charge < -0.3 is 14.2 Å². The number of rotatable bonds is 9. The fraction of sp³-hybridized carbons (Fsp3) is 0.0513. The summed E-state index contributed by atoms with van der Waals surface area (Å²) in [6.45, 7) is 3.85. The number of hydrogen-bond donors (Lipinski definition) is 0. The van der Waals surface area contributed by atoms with Gasteiger partial charge in [-0.05, 0) is 122 Å². The predicted molar refractivity (Wildman–Crippen MR) is 181 cm³/mol. The van der Waals surface area contributed by atoms with Crippen molar-refractivity contribution in [1.82, 2.24) is 0 Å². The fourth-order valence-corrected chi connectivity index (χ4v) is 4.91. The van der Waals surface area contributed by atoms with Crippen LogP contribution < -0.4 is 14.2 Å². The molecule has 0 atom stereocenters. The van der Waals surface area contributed by atoms with Crippen molar-refractivity contribution in [2.75, 3.05) is 0 Å². The topological polar surface area (TPSA) is 120 Å². The average Bonchev–Trinajstić information content (AvgIpc) is 3.09. The Hall–Kier alpha value is -6.24. The molecule has 0 N–H and O–H groups in total. The molecule has 0 aliphatic carbocycles. The van der Waals surface area contributed by atoms with Crippen LogP contribution >= 0.6 is 11.8 Å². The van der Waals surface area contributed by atoms with E-state index in [1.807, 2.05) is 44.2 Å². The maximum absolute atomic E-state index is 12.8. The van der Waals surface area contributed by atoms with Crippen molar-refractivity contribution in [3.8, 4) is 23.3 Å². The molecule has 5 rings (SSSR count). The molecule has 5 aromatic carbocycles. The monoisotopic (exact) mass is 653 g/mol. The van der Waals surface area contributed by atoms with E-state index in [4.69, 9.17) is 14.2 Å². The van der Waals surface area contributed by atoms with Crippen LogP contribution in [0.15, 0.2) is 132 Å². The molecule has 0 heterocycles. The Bertz CT molecular complexity index is 2030. The highest BCUT2D eigenvalue weighted by Gasteiger charge is 2.15. The molecule has 0 unspecified atom stereocenters. The molecule has 0 bridgehead atoms. The number of ether oxygens (including phenoxy) is 3. The van der Waals surface area contributed by atoms with Gasteiger partial charge in [-0.25, -0.2) is 14.4 Å². The Morgan fingerprint density at radius 1 is 0.542 bits per heavy atom. The van der Waals surface area contributed by atoms with Crippen molar-refractivity contribution in [2.45, 2.75) is 18.7 Å². The summed E-state index contributed by atoms with van der Waals surface area (Å²) in [6, 6.07) is 34.7. The molecular weight excluding hydrogens is 626 g/mol. The van der Waals surface area contributed by atoms with E-state index in [0.717, 1.165) is 22.9 Å². The Labute approximate surface area is 281 Å². The standard InChI is InChI=1S/C39H27NO7S/c1-25-3-9-28(10-4-25)36(41)46-33-17-13-30(14-18-33)38(43)45-32-15-7-27(8-16-32)23-31(24-40)39(44)48-35-21-19-34(20-22-35)47-37(42)29-11-5-26(2)6-12-29/h3-23H,1-2H3/b31-23+. The lowest BCUT2D eigenvalue weighted by Crippen LogP contribution is -2.10. The number of carbonyl (C=O) groups excluding carboxylic acids is 4. The van der Waals surface area contributed by atoms with Gasteiger partial charge in [0.1, 0.15) is 28.9 Å². The number of aryl methyl sites for hydroxylation is 2. The predicted octanol–water partition coefficient (Wildman–Crippen LogP) is 8.19. The SMILES string of the molecule is Cc1ccc(C(=O)Oc2ccc(SC(=O)/C(C#N)=C/c3ccc(OC(=O)c4ccc(OC(=O)c5ccc(C)cc5)cc4)cc3)cc2)cc1. The molecule has 48 heavy (non-hydrogen) atoms. The minimum atomic E-state index is -0.616. The van der Waals surface area contributed by atoms with E-state index in [1.54, 1.807) is 72.8 Å². The quantitative estimate of drug-likeness (QED) is 0.0510. The highest BCUT2D eigenvalue weighted by molar-refractivity contribution is 8.14. The number of carbonyl (C=O) groups is 4. The first kappa shape index (κ1) is 33.1. The first-order valence-corrected chi connectivity index (χ1v) is 15.4. The summed E-state index contributed by atoms with van der Waals surface area (Å²) in [5.41, 5.74) is 3.62. The van der Waals surface area contributed by atoms with Gasteiger partial charge in [0, 0.05) is 4.90 Å². The van der Waals surface area contributed by atoms with E-state index >= 15 is 0 Å². The minimum absolute atomic E-state index is 0.0808. The normalized spacial score (nSPS) is 10.8. The molecule has 0 amide bonds. The fourth-order valence-electron chi connectivity index (χ4n) is 4.21. The van der Waals surface area contributed by atoms with Crippen molar-refractivity contribution in [1.29, 1.82) is 5.26 Å². The summed E-state index contributed by atoms with van der Waals surface area (Å²) in [5, 5.41) is 9.17. The first-order valence-electron chi connectivity index (χ1n) is 14.6. The van der Waals surface area contributed by atoms with Crippen molar-refractivity contribution in [3.05, 3.63) is 160 Å². The summed E-state index contributed by atoms with van der Waals surface area (Å²) in [6.07, 6.45) is 1.44. The third-order valence-electron chi connectivity index (χ3n) is 6.86. The molecule has 0 saturated heterocycles. The third-order valence-corrected chi connectivity index (χ3v) is 7.78. The Balaban J connectivity index is 1.14. The molecule has 0 aliphatic heterocycles. The molecule has 5 aromatic rings. The van der Waals surface area contributed by atoms with Gasteiger partial charge in [-0.1, -0.05) is 47.5 Å². The van der Waals surface area contributed by atoms with Gasteiger partial charge in [0.05, 0.1) is 16.7 Å². The van der Waals surface area contributed by atoms with E-state index in [0.29, 0.717) is 27.3 Å². The number of benzene rings is 5. The second kappa shape index (κ2) is 15.4. The molecule has 236 valence electrons. The zero-order chi connectivity index (χ0) is 34.0. The van der Waals surface area contributed by atoms with Crippen LogP contribution in [-0.2, 0) is 4.79 Å². The lowest BCUT2D eigenvalue weighted by molar-refractivity contribution is -0.107. The van der Waals surface area contributed by atoms with Crippen molar-refractivity contribution >= 4 is 40.9 Å². The van der Waals surface area contributed by atoms with Gasteiger partial charge in [0.25, 0.3) is 0 Å². The summed E-state index contributed by atoms with van der Waals surface area (Å²) >= 11 is 0.866. The van der Waals surface area contributed by atoms with Crippen LogP contribution in [0.3, 0.4) is 0 Å². The van der Waals surface area contributed by atoms with Gasteiger partial charge in [-0.15, -0.1) is 0 Å². The maximum Gasteiger partial charge on any atom is 0.343 e.